The Morgan fingerprint density at radius 2 is 2.07 bits per heavy atom. The lowest BCUT2D eigenvalue weighted by molar-refractivity contribution is -0.384. The highest BCUT2D eigenvalue weighted by Crippen LogP contribution is 2.25. The van der Waals surface area contributed by atoms with E-state index in [1.165, 1.54) is 18.3 Å². The van der Waals surface area contributed by atoms with Crippen LogP contribution in [0.5, 0.6) is 5.75 Å². The molecule has 1 aliphatic rings. The number of amides is 1. The fraction of sp³-hybridized carbons (Fsp3) is 0.222. The first-order valence-electron chi connectivity index (χ1n) is 8.29. The van der Waals surface area contributed by atoms with Crippen molar-refractivity contribution in [2.24, 2.45) is 5.10 Å². The van der Waals surface area contributed by atoms with Gasteiger partial charge in [-0.3, -0.25) is 14.9 Å². The maximum Gasteiger partial charge on any atom is 0.269 e. The highest BCUT2D eigenvalue weighted by Gasteiger charge is 2.30. The Bertz CT molecular complexity index is 853. The molecule has 3 rings (SSSR count). The molecule has 2 atom stereocenters. The molecule has 1 saturated heterocycles. The number of hydrazine groups is 1. The van der Waals surface area contributed by atoms with E-state index in [4.69, 9.17) is 4.74 Å². The van der Waals surface area contributed by atoms with E-state index in [0.29, 0.717) is 6.42 Å². The fourth-order valence-electron chi connectivity index (χ4n) is 2.74. The Balaban J connectivity index is 1.55. The smallest absolute Gasteiger partial charge is 0.269 e. The van der Waals surface area contributed by atoms with Crippen LogP contribution in [0.3, 0.4) is 0 Å². The number of hydrogen-bond acceptors (Lipinski definition) is 7. The van der Waals surface area contributed by atoms with Gasteiger partial charge in [0, 0.05) is 18.2 Å². The first-order chi connectivity index (χ1) is 13.1. The van der Waals surface area contributed by atoms with Crippen LogP contribution in [0, 0.1) is 10.1 Å². The van der Waals surface area contributed by atoms with Gasteiger partial charge in [0.25, 0.3) is 11.6 Å². The summed E-state index contributed by atoms with van der Waals surface area (Å²) in [6, 6.07) is 12.9. The number of methoxy groups -OCH3 is 1. The molecular formula is C18H19N5O4. The average molecular weight is 369 g/mol. The van der Waals surface area contributed by atoms with Crippen LogP contribution in [0.4, 0.5) is 5.69 Å². The Morgan fingerprint density at radius 3 is 2.78 bits per heavy atom. The third kappa shape index (κ3) is 4.66. The Kier molecular flexibility index (Phi) is 5.74. The maximum atomic E-state index is 12.2. The first kappa shape index (κ1) is 18.5. The second-order valence-corrected chi connectivity index (χ2v) is 5.99. The second kappa shape index (κ2) is 8.39. The number of carbonyl (C=O) groups excluding carboxylic acids is 1. The molecule has 3 N–H and O–H groups in total. The Hall–Kier alpha value is -3.30. The van der Waals surface area contributed by atoms with Crippen LogP contribution in [0.15, 0.2) is 53.6 Å². The number of non-ortho nitro benzene ring substituents is 1. The predicted molar refractivity (Wildman–Crippen MR) is 99.2 cm³/mol. The number of benzene rings is 2. The highest BCUT2D eigenvalue weighted by atomic mass is 16.6. The van der Waals surface area contributed by atoms with Gasteiger partial charge in [-0.25, -0.2) is 16.3 Å². The number of hydrogen-bond donors (Lipinski definition) is 3. The van der Waals surface area contributed by atoms with Crippen LogP contribution in [0.25, 0.3) is 0 Å². The van der Waals surface area contributed by atoms with Gasteiger partial charge in [0.05, 0.1) is 18.2 Å². The lowest BCUT2D eigenvalue weighted by atomic mass is 10.0. The summed E-state index contributed by atoms with van der Waals surface area (Å²) < 4.78 is 5.08. The van der Waals surface area contributed by atoms with Gasteiger partial charge >= 0.3 is 0 Å². The van der Waals surface area contributed by atoms with Crippen molar-refractivity contribution in [2.45, 2.75) is 18.5 Å². The summed E-state index contributed by atoms with van der Waals surface area (Å²) in [5, 5.41) is 14.8. The van der Waals surface area contributed by atoms with E-state index in [2.05, 4.69) is 21.4 Å². The molecule has 0 spiro atoms. The molecule has 2 aromatic rings. The van der Waals surface area contributed by atoms with Gasteiger partial charge in [-0.15, -0.1) is 0 Å². The minimum atomic E-state index is -0.498. The van der Waals surface area contributed by atoms with E-state index in [0.717, 1.165) is 16.9 Å². The van der Waals surface area contributed by atoms with Gasteiger partial charge in [-0.05, 0) is 41.8 Å². The zero-order valence-electron chi connectivity index (χ0n) is 14.6. The standard InChI is InChI=1S/C18H19N5O4/c1-27-15-7-5-12(6-8-15)11-19-22-18(24)17-10-16(20-21-17)13-3-2-4-14(9-13)23(25)26/h2-9,11,16-17,20-21H,10H2,1H3,(H,22,24)/b19-11+. The van der Waals surface area contributed by atoms with E-state index >= 15 is 0 Å². The number of nitrogens with zero attached hydrogens (tertiary/aromatic N) is 2. The van der Waals surface area contributed by atoms with Crippen molar-refractivity contribution in [3.63, 3.8) is 0 Å². The summed E-state index contributed by atoms with van der Waals surface area (Å²) in [4.78, 5) is 22.7. The molecule has 9 heteroatoms. The number of rotatable bonds is 6. The van der Waals surface area contributed by atoms with Gasteiger partial charge in [-0.2, -0.15) is 5.10 Å². The van der Waals surface area contributed by atoms with E-state index in [1.807, 2.05) is 12.1 Å². The van der Waals surface area contributed by atoms with Crippen LogP contribution in [-0.4, -0.2) is 30.2 Å². The van der Waals surface area contributed by atoms with E-state index in [-0.39, 0.29) is 17.6 Å². The summed E-state index contributed by atoms with van der Waals surface area (Å²) in [6.45, 7) is 0. The molecule has 27 heavy (non-hydrogen) atoms. The van der Waals surface area contributed by atoms with Gasteiger partial charge < -0.3 is 4.74 Å². The molecule has 0 bridgehead atoms. The molecule has 0 radical (unpaired) electrons. The summed E-state index contributed by atoms with van der Waals surface area (Å²) in [7, 11) is 1.59. The van der Waals surface area contributed by atoms with E-state index < -0.39 is 11.0 Å². The number of nitrogens with one attached hydrogen (secondary N) is 3. The van der Waals surface area contributed by atoms with Crippen molar-refractivity contribution < 1.29 is 14.5 Å². The minimum Gasteiger partial charge on any atom is -0.497 e. The van der Waals surface area contributed by atoms with E-state index in [1.54, 1.807) is 31.4 Å². The Labute approximate surface area is 155 Å². The van der Waals surface area contributed by atoms with Crippen LogP contribution >= 0.6 is 0 Å². The molecule has 1 aliphatic heterocycles. The van der Waals surface area contributed by atoms with Crippen molar-refractivity contribution in [3.8, 4) is 5.75 Å². The van der Waals surface area contributed by atoms with Crippen molar-refractivity contribution in [1.29, 1.82) is 0 Å². The third-order valence-corrected chi connectivity index (χ3v) is 4.21. The maximum absolute atomic E-state index is 12.2. The fourth-order valence-corrected chi connectivity index (χ4v) is 2.74. The SMILES string of the molecule is COc1ccc(/C=N/NC(=O)C2CC(c3cccc([N+](=O)[O-])c3)NN2)cc1. The number of nitro benzene ring substituents is 1. The number of hydrazone groups is 1. The molecule has 2 aromatic carbocycles. The van der Waals surface area contributed by atoms with Gasteiger partial charge in [0.2, 0.25) is 0 Å². The zero-order chi connectivity index (χ0) is 19.2. The van der Waals surface area contributed by atoms with Crippen molar-refractivity contribution in [1.82, 2.24) is 16.3 Å². The summed E-state index contributed by atoms with van der Waals surface area (Å²) in [6.07, 6.45) is 1.99. The van der Waals surface area contributed by atoms with Crippen LogP contribution in [-0.2, 0) is 4.79 Å². The number of ether oxygens (including phenoxy) is 1. The van der Waals surface area contributed by atoms with E-state index in [9.17, 15) is 14.9 Å². The normalized spacial score (nSPS) is 19.1. The molecule has 0 aromatic heterocycles. The van der Waals surface area contributed by atoms with Gasteiger partial charge in [0.1, 0.15) is 11.8 Å². The Morgan fingerprint density at radius 1 is 1.30 bits per heavy atom. The van der Waals surface area contributed by atoms with Gasteiger partial charge in [-0.1, -0.05) is 12.1 Å². The summed E-state index contributed by atoms with van der Waals surface area (Å²) in [5.74, 6) is 0.449. The molecular weight excluding hydrogens is 350 g/mol. The highest BCUT2D eigenvalue weighted by molar-refractivity contribution is 5.85. The topological polar surface area (TPSA) is 118 Å². The van der Waals surface area contributed by atoms with Crippen LogP contribution in [0.2, 0.25) is 0 Å². The molecule has 0 aliphatic carbocycles. The molecule has 0 saturated carbocycles. The summed E-state index contributed by atoms with van der Waals surface area (Å²) >= 11 is 0. The predicted octanol–water partition coefficient (Wildman–Crippen LogP) is 1.66. The second-order valence-electron chi connectivity index (χ2n) is 5.99. The molecule has 2 unspecified atom stereocenters. The summed E-state index contributed by atoms with van der Waals surface area (Å²) in [5.41, 5.74) is 9.96. The molecule has 1 amide bonds. The van der Waals surface area contributed by atoms with Crippen molar-refractivity contribution >= 4 is 17.8 Å². The third-order valence-electron chi connectivity index (χ3n) is 4.21. The van der Waals surface area contributed by atoms with Crippen molar-refractivity contribution in [3.05, 3.63) is 69.8 Å². The average Bonchev–Trinajstić information content (AvgIpc) is 3.19. The molecule has 1 heterocycles. The monoisotopic (exact) mass is 369 g/mol. The molecule has 9 nitrogen and oxygen atoms in total. The largest absolute Gasteiger partial charge is 0.497 e. The lowest BCUT2D eigenvalue weighted by Crippen LogP contribution is -2.41. The number of carbonyl (C=O) groups is 1. The van der Waals surface area contributed by atoms with Crippen LogP contribution < -0.4 is 21.0 Å². The van der Waals surface area contributed by atoms with Crippen molar-refractivity contribution in [2.75, 3.05) is 7.11 Å². The number of nitro groups is 1. The van der Waals surface area contributed by atoms with Crippen LogP contribution in [0.1, 0.15) is 23.6 Å². The lowest BCUT2D eigenvalue weighted by Gasteiger charge is -2.09. The zero-order valence-corrected chi connectivity index (χ0v) is 14.6. The quantitative estimate of drug-likeness (QED) is 0.405. The first-order valence-corrected chi connectivity index (χ1v) is 8.29. The molecule has 140 valence electrons. The molecule has 1 fully saturated rings. The minimum absolute atomic E-state index is 0.0197. The van der Waals surface area contributed by atoms with Gasteiger partial charge in [0.15, 0.2) is 0 Å².